The lowest BCUT2D eigenvalue weighted by Crippen LogP contribution is -2.19. The number of rotatable bonds is 4. The summed E-state index contributed by atoms with van der Waals surface area (Å²) >= 11 is 0. The Labute approximate surface area is 142 Å². The topological polar surface area (TPSA) is 60.1 Å². The summed E-state index contributed by atoms with van der Waals surface area (Å²) in [5, 5.41) is 2.76. The fourth-order valence-electron chi connectivity index (χ4n) is 2.71. The Morgan fingerprint density at radius 2 is 1.88 bits per heavy atom. The number of carbonyl (C=O) groups excluding carboxylic acids is 1. The van der Waals surface area contributed by atoms with Crippen LogP contribution in [0.5, 0.6) is 0 Å². The molecule has 2 heterocycles. The Kier molecular flexibility index (Phi) is 3.78. The molecule has 0 spiro atoms. The molecule has 5 nitrogen and oxygen atoms in total. The number of aromatic nitrogens is 2. The Hall–Kier alpha value is -3.41. The predicted octanol–water partition coefficient (Wildman–Crippen LogP) is 4.07. The molecule has 0 atom stereocenters. The van der Waals surface area contributed by atoms with Crippen molar-refractivity contribution in [2.45, 2.75) is 6.54 Å². The predicted molar refractivity (Wildman–Crippen MR) is 92.5 cm³/mol. The largest absolute Gasteiger partial charge is 0.461 e. The van der Waals surface area contributed by atoms with Gasteiger partial charge in [0.25, 0.3) is 0 Å². The average Bonchev–Trinajstić information content (AvgIpc) is 3.25. The monoisotopic (exact) mass is 335 g/mol. The zero-order valence-corrected chi connectivity index (χ0v) is 13.1. The van der Waals surface area contributed by atoms with Gasteiger partial charge in [-0.3, -0.25) is 4.79 Å². The highest BCUT2D eigenvalue weighted by Gasteiger charge is 2.16. The summed E-state index contributed by atoms with van der Waals surface area (Å²) in [6.45, 7) is 0.0634. The molecule has 0 saturated carbocycles. The van der Waals surface area contributed by atoms with Gasteiger partial charge in [-0.15, -0.1) is 0 Å². The lowest BCUT2D eigenvalue weighted by Gasteiger charge is -2.09. The van der Waals surface area contributed by atoms with Gasteiger partial charge in [0.2, 0.25) is 5.91 Å². The van der Waals surface area contributed by atoms with Crippen LogP contribution in [0.15, 0.2) is 71.3 Å². The standard InChI is InChI=1S/C19H14FN3O2/c20-13-7-9-14(10-8-13)21-18(24)12-23-16-5-2-1-4-15(16)22-19(23)17-6-3-11-25-17/h1-11H,12H2,(H,21,24). The normalized spacial score (nSPS) is 10.9. The smallest absolute Gasteiger partial charge is 0.244 e. The molecule has 4 aromatic rings. The molecule has 124 valence electrons. The number of hydrogen-bond donors (Lipinski definition) is 1. The summed E-state index contributed by atoms with van der Waals surface area (Å²) in [5.74, 6) is 0.590. The molecule has 0 saturated heterocycles. The molecule has 0 aliphatic heterocycles. The lowest BCUT2D eigenvalue weighted by molar-refractivity contribution is -0.116. The number of carbonyl (C=O) groups is 1. The fraction of sp³-hybridized carbons (Fsp3) is 0.0526. The number of anilines is 1. The average molecular weight is 335 g/mol. The van der Waals surface area contributed by atoms with Crippen LogP contribution >= 0.6 is 0 Å². The van der Waals surface area contributed by atoms with Crippen molar-refractivity contribution in [1.29, 1.82) is 0 Å². The van der Waals surface area contributed by atoms with Crippen molar-refractivity contribution in [2.24, 2.45) is 0 Å². The van der Waals surface area contributed by atoms with Gasteiger partial charge < -0.3 is 14.3 Å². The first-order chi connectivity index (χ1) is 12.2. The second kappa shape index (κ2) is 6.24. The molecule has 0 radical (unpaired) electrons. The van der Waals surface area contributed by atoms with E-state index in [0.29, 0.717) is 17.3 Å². The number of imidazole rings is 1. The minimum atomic E-state index is -0.348. The molecule has 4 rings (SSSR count). The molecule has 2 aromatic carbocycles. The highest BCUT2D eigenvalue weighted by Crippen LogP contribution is 2.25. The lowest BCUT2D eigenvalue weighted by atomic mass is 10.3. The molecular formula is C19H14FN3O2. The van der Waals surface area contributed by atoms with Gasteiger partial charge in [-0.25, -0.2) is 9.37 Å². The van der Waals surface area contributed by atoms with Crippen molar-refractivity contribution in [3.05, 3.63) is 72.7 Å². The van der Waals surface area contributed by atoms with E-state index in [2.05, 4.69) is 10.3 Å². The van der Waals surface area contributed by atoms with E-state index in [1.54, 1.807) is 23.0 Å². The number of hydrogen-bond acceptors (Lipinski definition) is 3. The van der Waals surface area contributed by atoms with E-state index >= 15 is 0 Å². The molecule has 0 fully saturated rings. The van der Waals surface area contributed by atoms with E-state index < -0.39 is 0 Å². The highest BCUT2D eigenvalue weighted by atomic mass is 19.1. The Morgan fingerprint density at radius 3 is 2.64 bits per heavy atom. The van der Waals surface area contributed by atoms with E-state index in [-0.39, 0.29) is 18.3 Å². The molecule has 1 N–H and O–H groups in total. The van der Waals surface area contributed by atoms with Crippen LogP contribution in [-0.4, -0.2) is 15.5 Å². The molecule has 0 bridgehead atoms. The number of nitrogens with zero attached hydrogens (tertiary/aromatic N) is 2. The van der Waals surface area contributed by atoms with Crippen LogP contribution in [0.25, 0.3) is 22.6 Å². The molecule has 25 heavy (non-hydrogen) atoms. The van der Waals surface area contributed by atoms with Gasteiger partial charge in [0.1, 0.15) is 12.4 Å². The number of fused-ring (bicyclic) bond motifs is 1. The second-order valence-corrected chi connectivity index (χ2v) is 5.54. The minimum absolute atomic E-state index is 0.0634. The van der Waals surface area contributed by atoms with E-state index in [0.717, 1.165) is 11.0 Å². The minimum Gasteiger partial charge on any atom is -0.461 e. The summed E-state index contributed by atoms with van der Waals surface area (Å²) < 4.78 is 20.2. The van der Waals surface area contributed by atoms with Crippen molar-refractivity contribution < 1.29 is 13.6 Å². The van der Waals surface area contributed by atoms with Gasteiger partial charge in [0, 0.05) is 5.69 Å². The maximum atomic E-state index is 13.0. The maximum absolute atomic E-state index is 13.0. The zero-order valence-electron chi connectivity index (χ0n) is 13.1. The van der Waals surface area contributed by atoms with Crippen LogP contribution in [0.4, 0.5) is 10.1 Å². The highest BCUT2D eigenvalue weighted by molar-refractivity contribution is 5.92. The van der Waals surface area contributed by atoms with Crippen LogP contribution in [0, 0.1) is 5.82 Å². The van der Waals surface area contributed by atoms with Crippen molar-refractivity contribution in [3.8, 4) is 11.6 Å². The summed E-state index contributed by atoms with van der Waals surface area (Å²) in [5.41, 5.74) is 2.15. The number of furan rings is 1. The van der Waals surface area contributed by atoms with Gasteiger partial charge in [-0.05, 0) is 48.5 Å². The first-order valence-corrected chi connectivity index (χ1v) is 7.75. The first-order valence-electron chi connectivity index (χ1n) is 7.75. The van der Waals surface area contributed by atoms with Gasteiger partial charge in [0.05, 0.1) is 17.3 Å². The quantitative estimate of drug-likeness (QED) is 0.611. The zero-order chi connectivity index (χ0) is 17.2. The Balaban J connectivity index is 1.67. The van der Waals surface area contributed by atoms with E-state index in [1.807, 2.05) is 24.3 Å². The summed E-state index contributed by atoms with van der Waals surface area (Å²) in [4.78, 5) is 17.0. The van der Waals surface area contributed by atoms with Gasteiger partial charge >= 0.3 is 0 Å². The third-order valence-electron chi connectivity index (χ3n) is 3.83. The number of para-hydroxylation sites is 2. The van der Waals surface area contributed by atoms with Crippen molar-refractivity contribution in [1.82, 2.24) is 9.55 Å². The molecule has 1 amide bonds. The van der Waals surface area contributed by atoms with Gasteiger partial charge in [0.15, 0.2) is 11.6 Å². The van der Waals surface area contributed by atoms with Crippen molar-refractivity contribution >= 4 is 22.6 Å². The maximum Gasteiger partial charge on any atom is 0.244 e. The second-order valence-electron chi connectivity index (χ2n) is 5.54. The Bertz CT molecular complexity index is 1020. The SMILES string of the molecule is O=C(Cn1c(-c2ccco2)nc2ccccc21)Nc1ccc(F)cc1. The van der Waals surface area contributed by atoms with Gasteiger partial charge in [-0.1, -0.05) is 12.1 Å². The van der Waals surface area contributed by atoms with Crippen LogP contribution in [0.3, 0.4) is 0 Å². The number of nitrogens with one attached hydrogen (secondary N) is 1. The summed E-state index contributed by atoms with van der Waals surface area (Å²) in [7, 11) is 0. The molecule has 0 aliphatic rings. The number of benzene rings is 2. The summed E-state index contributed by atoms with van der Waals surface area (Å²) in [6, 6.07) is 16.8. The van der Waals surface area contributed by atoms with Crippen LogP contribution in [0.2, 0.25) is 0 Å². The van der Waals surface area contributed by atoms with Crippen molar-refractivity contribution in [3.63, 3.8) is 0 Å². The van der Waals surface area contributed by atoms with E-state index in [1.165, 1.54) is 24.3 Å². The first kappa shape index (κ1) is 15.1. The van der Waals surface area contributed by atoms with E-state index in [9.17, 15) is 9.18 Å². The van der Waals surface area contributed by atoms with Crippen LogP contribution in [-0.2, 0) is 11.3 Å². The van der Waals surface area contributed by atoms with Gasteiger partial charge in [-0.2, -0.15) is 0 Å². The molecule has 0 aliphatic carbocycles. The summed E-state index contributed by atoms with van der Waals surface area (Å²) in [6.07, 6.45) is 1.57. The molecular weight excluding hydrogens is 321 g/mol. The fourth-order valence-corrected chi connectivity index (χ4v) is 2.71. The van der Waals surface area contributed by atoms with E-state index in [4.69, 9.17) is 4.42 Å². The molecule has 0 unspecified atom stereocenters. The van der Waals surface area contributed by atoms with Crippen LogP contribution in [0.1, 0.15) is 0 Å². The Morgan fingerprint density at radius 1 is 1.08 bits per heavy atom. The number of halogens is 1. The molecule has 2 aromatic heterocycles. The third kappa shape index (κ3) is 3.01. The van der Waals surface area contributed by atoms with Crippen LogP contribution < -0.4 is 5.32 Å². The third-order valence-corrected chi connectivity index (χ3v) is 3.83. The van der Waals surface area contributed by atoms with Crippen molar-refractivity contribution in [2.75, 3.05) is 5.32 Å². The molecule has 6 heteroatoms. The number of amides is 1.